The van der Waals surface area contributed by atoms with Gasteiger partial charge in [0.15, 0.2) is 0 Å². The van der Waals surface area contributed by atoms with Gasteiger partial charge in [-0.2, -0.15) is 0 Å². The van der Waals surface area contributed by atoms with Gasteiger partial charge >= 0.3 is 5.69 Å². The highest BCUT2D eigenvalue weighted by atomic mass is 16.3. The highest BCUT2D eigenvalue weighted by Gasteiger charge is 2.11. The van der Waals surface area contributed by atoms with E-state index in [0.717, 1.165) is 36.0 Å². The molecular formula is C20H19N3O3. The van der Waals surface area contributed by atoms with Crippen molar-refractivity contribution in [2.75, 3.05) is 0 Å². The van der Waals surface area contributed by atoms with Crippen molar-refractivity contribution in [1.29, 1.82) is 0 Å². The van der Waals surface area contributed by atoms with Crippen molar-refractivity contribution in [3.63, 3.8) is 0 Å². The van der Waals surface area contributed by atoms with Crippen LogP contribution in [0.4, 0.5) is 0 Å². The van der Waals surface area contributed by atoms with Crippen LogP contribution in [0.2, 0.25) is 0 Å². The lowest BCUT2D eigenvalue weighted by molar-refractivity contribution is 0.507. The standard InChI is InChI=1S/C20H19N3O3/c1-22-18-16(9-6-11-21-18)19(24)23(20(22)25)12-5-4-8-15-13-14-7-2-3-10-17(14)26-15/h2-3,6-7,9-11,13H,4-5,8,12H2,1H3. The van der Waals surface area contributed by atoms with Crippen LogP contribution in [0, 0.1) is 0 Å². The minimum absolute atomic E-state index is 0.278. The minimum atomic E-state index is -0.329. The van der Waals surface area contributed by atoms with E-state index in [2.05, 4.69) is 4.98 Å². The fourth-order valence-electron chi connectivity index (χ4n) is 3.26. The molecule has 3 heterocycles. The van der Waals surface area contributed by atoms with E-state index in [1.807, 2.05) is 30.3 Å². The predicted octanol–water partition coefficient (Wildman–Crippen LogP) is 2.86. The summed E-state index contributed by atoms with van der Waals surface area (Å²) in [6.07, 6.45) is 3.91. The molecule has 4 aromatic rings. The molecule has 0 fully saturated rings. The number of benzene rings is 1. The Morgan fingerprint density at radius 3 is 2.77 bits per heavy atom. The summed E-state index contributed by atoms with van der Waals surface area (Å²) >= 11 is 0. The molecule has 0 aliphatic rings. The Morgan fingerprint density at radius 1 is 1.08 bits per heavy atom. The van der Waals surface area contributed by atoms with Crippen LogP contribution in [0.5, 0.6) is 0 Å². The van der Waals surface area contributed by atoms with Gasteiger partial charge in [-0.3, -0.25) is 13.9 Å². The second kappa shape index (κ2) is 6.63. The molecule has 6 heteroatoms. The maximum atomic E-state index is 12.6. The number of rotatable bonds is 5. The zero-order chi connectivity index (χ0) is 18.1. The Morgan fingerprint density at radius 2 is 1.92 bits per heavy atom. The van der Waals surface area contributed by atoms with E-state index in [1.54, 1.807) is 25.4 Å². The van der Waals surface area contributed by atoms with Gasteiger partial charge < -0.3 is 4.42 Å². The monoisotopic (exact) mass is 349 g/mol. The number of aromatic nitrogens is 3. The van der Waals surface area contributed by atoms with E-state index >= 15 is 0 Å². The molecule has 6 nitrogen and oxygen atoms in total. The molecule has 0 spiro atoms. The predicted molar refractivity (Wildman–Crippen MR) is 100 cm³/mol. The van der Waals surface area contributed by atoms with E-state index < -0.39 is 0 Å². The largest absolute Gasteiger partial charge is 0.461 e. The van der Waals surface area contributed by atoms with E-state index in [0.29, 0.717) is 17.6 Å². The van der Waals surface area contributed by atoms with Crippen molar-refractivity contribution in [1.82, 2.24) is 14.1 Å². The Bertz CT molecular complexity index is 1170. The van der Waals surface area contributed by atoms with Gasteiger partial charge in [0.05, 0.1) is 5.39 Å². The van der Waals surface area contributed by atoms with E-state index in [1.165, 1.54) is 9.13 Å². The second-order valence-corrected chi connectivity index (χ2v) is 6.38. The highest BCUT2D eigenvalue weighted by molar-refractivity contribution is 5.77. The van der Waals surface area contributed by atoms with E-state index in [9.17, 15) is 9.59 Å². The maximum absolute atomic E-state index is 12.6. The molecule has 0 saturated heterocycles. The molecule has 0 N–H and O–H groups in total. The van der Waals surface area contributed by atoms with Crippen LogP contribution in [-0.2, 0) is 20.0 Å². The maximum Gasteiger partial charge on any atom is 0.332 e. The molecule has 0 amide bonds. The Kier molecular flexibility index (Phi) is 4.16. The molecule has 132 valence electrons. The first-order chi connectivity index (χ1) is 12.6. The summed E-state index contributed by atoms with van der Waals surface area (Å²) in [7, 11) is 1.64. The number of pyridine rings is 1. The van der Waals surface area contributed by atoms with Crippen LogP contribution in [0.15, 0.2) is 62.7 Å². The molecule has 26 heavy (non-hydrogen) atoms. The molecule has 0 radical (unpaired) electrons. The van der Waals surface area contributed by atoms with Crippen molar-refractivity contribution in [3.8, 4) is 0 Å². The zero-order valence-corrected chi connectivity index (χ0v) is 14.5. The normalized spacial score (nSPS) is 11.4. The first-order valence-electron chi connectivity index (χ1n) is 8.67. The van der Waals surface area contributed by atoms with Crippen molar-refractivity contribution >= 4 is 22.0 Å². The van der Waals surface area contributed by atoms with Crippen LogP contribution >= 0.6 is 0 Å². The fraction of sp³-hybridized carbons (Fsp3) is 0.250. The lowest BCUT2D eigenvalue weighted by Crippen LogP contribution is -2.39. The van der Waals surface area contributed by atoms with Crippen LogP contribution in [0.1, 0.15) is 18.6 Å². The van der Waals surface area contributed by atoms with Gasteiger partial charge in [-0.1, -0.05) is 18.2 Å². The molecule has 1 aromatic carbocycles. The molecule has 0 unspecified atom stereocenters. The SMILES string of the molecule is Cn1c(=O)n(CCCCc2cc3ccccc3o2)c(=O)c2cccnc21. The molecule has 0 aliphatic heterocycles. The number of fused-ring (bicyclic) bond motifs is 2. The number of nitrogens with zero attached hydrogens (tertiary/aromatic N) is 3. The third kappa shape index (κ3) is 2.83. The number of hydrogen-bond acceptors (Lipinski definition) is 4. The zero-order valence-electron chi connectivity index (χ0n) is 14.5. The van der Waals surface area contributed by atoms with E-state index in [4.69, 9.17) is 4.42 Å². The van der Waals surface area contributed by atoms with Gasteiger partial charge in [-0.15, -0.1) is 0 Å². The van der Waals surface area contributed by atoms with Gasteiger partial charge in [0.2, 0.25) is 0 Å². The van der Waals surface area contributed by atoms with Gasteiger partial charge in [0.1, 0.15) is 17.0 Å². The van der Waals surface area contributed by atoms with Crippen molar-refractivity contribution < 1.29 is 4.42 Å². The number of para-hydroxylation sites is 1. The first-order valence-corrected chi connectivity index (χ1v) is 8.67. The second-order valence-electron chi connectivity index (χ2n) is 6.38. The Labute approximate surface area is 149 Å². The number of hydrogen-bond donors (Lipinski definition) is 0. The summed E-state index contributed by atoms with van der Waals surface area (Å²) in [6, 6.07) is 13.4. The number of unbranched alkanes of at least 4 members (excludes halogenated alkanes) is 1. The van der Waals surface area contributed by atoms with Gasteiger partial charge in [-0.05, 0) is 37.1 Å². The lowest BCUT2D eigenvalue weighted by atomic mass is 10.2. The summed E-state index contributed by atoms with van der Waals surface area (Å²) in [5, 5.41) is 1.56. The first kappa shape index (κ1) is 16.3. The van der Waals surface area contributed by atoms with Crippen LogP contribution in [-0.4, -0.2) is 14.1 Å². The average Bonchev–Trinajstić information content (AvgIpc) is 3.08. The number of aryl methyl sites for hydroxylation is 2. The van der Waals surface area contributed by atoms with Crippen LogP contribution in [0.25, 0.3) is 22.0 Å². The Hall–Kier alpha value is -3.15. The smallest absolute Gasteiger partial charge is 0.332 e. The summed E-state index contributed by atoms with van der Waals surface area (Å²) < 4.78 is 8.52. The molecule has 0 bridgehead atoms. The minimum Gasteiger partial charge on any atom is -0.461 e. The topological polar surface area (TPSA) is 70.0 Å². The van der Waals surface area contributed by atoms with Crippen LogP contribution in [0.3, 0.4) is 0 Å². The summed E-state index contributed by atoms with van der Waals surface area (Å²) in [5.74, 6) is 0.925. The third-order valence-corrected chi connectivity index (χ3v) is 4.63. The Balaban J connectivity index is 1.49. The van der Waals surface area contributed by atoms with Crippen LogP contribution < -0.4 is 11.2 Å². The van der Waals surface area contributed by atoms with Crippen molar-refractivity contribution in [2.45, 2.75) is 25.8 Å². The lowest BCUT2D eigenvalue weighted by Gasteiger charge is -2.09. The highest BCUT2D eigenvalue weighted by Crippen LogP contribution is 2.20. The van der Waals surface area contributed by atoms with Gasteiger partial charge in [0, 0.05) is 31.6 Å². The summed E-state index contributed by atoms with van der Waals surface area (Å²) in [6.45, 7) is 0.385. The average molecular weight is 349 g/mol. The molecule has 0 atom stereocenters. The van der Waals surface area contributed by atoms with Gasteiger partial charge in [0.25, 0.3) is 5.56 Å². The van der Waals surface area contributed by atoms with Crippen molar-refractivity contribution in [3.05, 3.63) is 75.3 Å². The molecule has 3 aromatic heterocycles. The summed E-state index contributed by atoms with van der Waals surface area (Å²) in [4.78, 5) is 29.2. The quantitative estimate of drug-likeness (QED) is 0.520. The summed E-state index contributed by atoms with van der Waals surface area (Å²) in [5.41, 5.74) is 0.695. The molecule has 4 rings (SSSR count). The molecule has 0 saturated carbocycles. The molecular weight excluding hydrogens is 330 g/mol. The fourth-order valence-corrected chi connectivity index (χ4v) is 3.26. The van der Waals surface area contributed by atoms with E-state index in [-0.39, 0.29) is 11.2 Å². The van der Waals surface area contributed by atoms with Gasteiger partial charge in [-0.25, -0.2) is 9.78 Å². The third-order valence-electron chi connectivity index (χ3n) is 4.63. The number of furan rings is 1. The molecule has 0 aliphatic carbocycles. The van der Waals surface area contributed by atoms with Crippen molar-refractivity contribution in [2.24, 2.45) is 7.05 Å².